The van der Waals surface area contributed by atoms with Gasteiger partial charge >= 0.3 is 5.97 Å². The molecule has 4 rings (SSSR count). The predicted octanol–water partition coefficient (Wildman–Crippen LogP) is 6.08. The smallest absolute Gasteiger partial charge is 0.376 e. The molecule has 0 aliphatic rings. The van der Waals surface area contributed by atoms with E-state index in [1.54, 1.807) is 6.92 Å². The Morgan fingerprint density at radius 1 is 1.03 bits per heavy atom. The van der Waals surface area contributed by atoms with Gasteiger partial charge in [0.05, 0.1) is 12.0 Å². The zero-order valence-electron chi connectivity index (χ0n) is 19.1. The lowest BCUT2D eigenvalue weighted by molar-refractivity contribution is 0.0512. The molecule has 1 N–H and O–H groups in total. The van der Waals surface area contributed by atoms with Gasteiger partial charge in [0.25, 0.3) is 0 Å². The van der Waals surface area contributed by atoms with Gasteiger partial charge in [0.15, 0.2) is 5.65 Å². The molecule has 0 spiro atoms. The number of hydrogen-bond acceptors (Lipinski definition) is 5. The van der Waals surface area contributed by atoms with Crippen LogP contribution in [0.15, 0.2) is 54.6 Å². The van der Waals surface area contributed by atoms with Crippen molar-refractivity contribution in [2.24, 2.45) is 0 Å². The summed E-state index contributed by atoms with van der Waals surface area (Å²) in [5.41, 5.74) is 5.90. The number of ether oxygens (including phenoxy) is 1. The molecule has 0 amide bonds. The lowest BCUT2D eigenvalue weighted by Gasteiger charge is -2.12. The second-order valence-electron chi connectivity index (χ2n) is 8.10. The van der Waals surface area contributed by atoms with Crippen molar-refractivity contribution in [2.75, 3.05) is 11.9 Å². The van der Waals surface area contributed by atoms with Gasteiger partial charge in [-0.05, 0) is 62.1 Å². The SMILES string of the molecule is CCOC(=O)c1nc(Nc2ccc(C(C)C)cc2)c2c(C)c(C)n(-c3ccccc3)c2n1. The number of carbonyl (C=O) groups is 1. The van der Waals surface area contributed by atoms with E-state index in [1.165, 1.54) is 5.56 Å². The average molecular weight is 429 g/mol. The minimum Gasteiger partial charge on any atom is -0.460 e. The summed E-state index contributed by atoms with van der Waals surface area (Å²) in [5, 5.41) is 4.29. The Hall–Kier alpha value is -3.67. The molecular weight excluding hydrogens is 400 g/mol. The quantitative estimate of drug-likeness (QED) is 0.377. The summed E-state index contributed by atoms with van der Waals surface area (Å²) in [6.45, 7) is 10.5. The maximum absolute atomic E-state index is 12.6. The van der Waals surface area contributed by atoms with E-state index in [0.29, 0.717) is 17.4 Å². The number of nitrogens with zero attached hydrogens (tertiary/aromatic N) is 3. The summed E-state index contributed by atoms with van der Waals surface area (Å²) in [4.78, 5) is 21.8. The van der Waals surface area contributed by atoms with E-state index in [-0.39, 0.29) is 12.4 Å². The molecule has 0 radical (unpaired) electrons. The zero-order valence-corrected chi connectivity index (χ0v) is 19.1. The number of anilines is 2. The largest absolute Gasteiger partial charge is 0.460 e. The number of esters is 1. The Balaban J connectivity index is 1.91. The van der Waals surface area contributed by atoms with Crippen LogP contribution in [0, 0.1) is 13.8 Å². The second-order valence-corrected chi connectivity index (χ2v) is 8.10. The number of carbonyl (C=O) groups excluding carboxylic acids is 1. The summed E-state index contributed by atoms with van der Waals surface area (Å²) >= 11 is 0. The van der Waals surface area contributed by atoms with Crippen molar-refractivity contribution in [3.63, 3.8) is 0 Å². The fraction of sp³-hybridized carbons (Fsp3) is 0.269. The highest BCUT2D eigenvalue weighted by Gasteiger charge is 2.22. The second kappa shape index (κ2) is 8.83. The first-order valence-electron chi connectivity index (χ1n) is 10.9. The van der Waals surface area contributed by atoms with Gasteiger partial charge in [-0.25, -0.2) is 14.8 Å². The van der Waals surface area contributed by atoms with Crippen LogP contribution in [0.3, 0.4) is 0 Å². The van der Waals surface area contributed by atoms with Crippen LogP contribution >= 0.6 is 0 Å². The molecule has 0 saturated carbocycles. The van der Waals surface area contributed by atoms with Crippen molar-refractivity contribution >= 4 is 28.5 Å². The molecule has 2 aromatic heterocycles. The fourth-order valence-electron chi connectivity index (χ4n) is 3.82. The number of nitrogens with one attached hydrogen (secondary N) is 1. The van der Waals surface area contributed by atoms with Crippen LogP contribution in [0.4, 0.5) is 11.5 Å². The van der Waals surface area contributed by atoms with Crippen LogP contribution in [0.1, 0.15) is 54.1 Å². The Labute approximate surface area is 188 Å². The van der Waals surface area contributed by atoms with Gasteiger partial charge in [-0.3, -0.25) is 4.57 Å². The van der Waals surface area contributed by atoms with Gasteiger partial charge in [-0.15, -0.1) is 0 Å². The highest BCUT2D eigenvalue weighted by Crippen LogP contribution is 2.33. The highest BCUT2D eigenvalue weighted by atomic mass is 16.5. The lowest BCUT2D eigenvalue weighted by Crippen LogP contribution is -2.12. The van der Waals surface area contributed by atoms with Crippen LogP contribution in [-0.2, 0) is 4.74 Å². The number of rotatable bonds is 6. The first-order valence-corrected chi connectivity index (χ1v) is 10.9. The third-order valence-electron chi connectivity index (χ3n) is 5.67. The van der Waals surface area contributed by atoms with E-state index >= 15 is 0 Å². The van der Waals surface area contributed by atoms with Crippen molar-refractivity contribution in [3.05, 3.63) is 77.2 Å². The number of aryl methyl sites for hydroxylation is 1. The van der Waals surface area contributed by atoms with Gasteiger partial charge in [0.1, 0.15) is 5.82 Å². The Morgan fingerprint density at radius 2 is 1.72 bits per heavy atom. The number of benzene rings is 2. The minimum absolute atomic E-state index is 0.0373. The van der Waals surface area contributed by atoms with E-state index < -0.39 is 5.97 Å². The Kier molecular flexibility index (Phi) is 5.95. The van der Waals surface area contributed by atoms with E-state index in [1.807, 2.05) is 42.5 Å². The summed E-state index contributed by atoms with van der Waals surface area (Å²) in [7, 11) is 0. The first-order chi connectivity index (χ1) is 15.4. The van der Waals surface area contributed by atoms with E-state index in [9.17, 15) is 4.79 Å². The third-order valence-corrected chi connectivity index (χ3v) is 5.67. The van der Waals surface area contributed by atoms with Crippen LogP contribution in [0.5, 0.6) is 0 Å². The van der Waals surface area contributed by atoms with E-state index in [0.717, 1.165) is 28.0 Å². The molecule has 4 aromatic rings. The Morgan fingerprint density at radius 3 is 2.34 bits per heavy atom. The van der Waals surface area contributed by atoms with E-state index in [4.69, 9.17) is 4.74 Å². The van der Waals surface area contributed by atoms with Crippen LogP contribution in [0.25, 0.3) is 16.7 Å². The average Bonchev–Trinajstić information content (AvgIpc) is 3.05. The molecular formula is C26H28N4O2. The molecule has 2 heterocycles. The normalized spacial score (nSPS) is 11.2. The monoisotopic (exact) mass is 428 g/mol. The molecule has 0 saturated heterocycles. The molecule has 0 bridgehead atoms. The molecule has 0 aliphatic carbocycles. The molecule has 32 heavy (non-hydrogen) atoms. The molecule has 0 fully saturated rings. The van der Waals surface area contributed by atoms with Crippen molar-refractivity contribution < 1.29 is 9.53 Å². The molecule has 2 aromatic carbocycles. The standard InChI is InChI=1S/C26H28N4O2/c1-6-32-26(31)24-28-23(27-20-14-12-19(13-15-20)16(2)3)22-17(4)18(5)30(25(22)29-24)21-10-8-7-9-11-21/h7-16H,6H2,1-5H3,(H,27,28,29). The van der Waals surface area contributed by atoms with Gasteiger partial charge in [0.2, 0.25) is 5.82 Å². The Bertz CT molecular complexity index is 1260. The number of para-hydroxylation sites is 1. The maximum atomic E-state index is 12.6. The number of hydrogen-bond donors (Lipinski definition) is 1. The molecule has 6 heteroatoms. The van der Waals surface area contributed by atoms with Crippen LogP contribution in [-0.4, -0.2) is 27.1 Å². The molecule has 0 atom stereocenters. The summed E-state index contributed by atoms with van der Waals surface area (Å²) in [6, 6.07) is 18.3. The number of fused-ring (bicyclic) bond motifs is 1. The van der Waals surface area contributed by atoms with Crippen molar-refractivity contribution in [1.82, 2.24) is 14.5 Å². The van der Waals surface area contributed by atoms with Gasteiger partial charge in [-0.2, -0.15) is 0 Å². The van der Waals surface area contributed by atoms with Gasteiger partial charge in [0, 0.05) is 17.1 Å². The van der Waals surface area contributed by atoms with Crippen molar-refractivity contribution in [1.29, 1.82) is 0 Å². The fourth-order valence-corrected chi connectivity index (χ4v) is 3.82. The summed E-state index contributed by atoms with van der Waals surface area (Å²) in [5.74, 6) is 0.541. The highest BCUT2D eigenvalue weighted by molar-refractivity contribution is 5.97. The number of aromatic nitrogens is 3. The summed E-state index contributed by atoms with van der Waals surface area (Å²) < 4.78 is 7.26. The zero-order chi connectivity index (χ0) is 22.8. The minimum atomic E-state index is -0.538. The van der Waals surface area contributed by atoms with Crippen molar-refractivity contribution in [2.45, 2.75) is 40.5 Å². The topological polar surface area (TPSA) is 69.0 Å². The lowest BCUT2D eigenvalue weighted by atomic mass is 10.0. The van der Waals surface area contributed by atoms with Crippen molar-refractivity contribution in [3.8, 4) is 5.69 Å². The predicted molar refractivity (Wildman–Crippen MR) is 128 cm³/mol. The first kappa shape index (κ1) is 21.6. The summed E-state index contributed by atoms with van der Waals surface area (Å²) in [6.07, 6.45) is 0. The van der Waals surface area contributed by atoms with E-state index in [2.05, 4.69) is 59.7 Å². The molecule has 6 nitrogen and oxygen atoms in total. The molecule has 0 aliphatic heterocycles. The molecule has 0 unspecified atom stereocenters. The maximum Gasteiger partial charge on any atom is 0.376 e. The van der Waals surface area contributed by atoms with Crippen LogP contribution in [0.2, 0.25) is 0 Å². The molecule has 164 valence electrons. The third kappa shape index (κ3) is 3.96. The van der Waals surface area contributed by atoms with Gasteiger partial charge < -0.3 is 10.1 Å². The van der Waals surface area contributed by atoms with Gasteiger partial charge in [-0.1, -0.05) is 44.2 Å². The van der Waals surface area contributed by atoms with Crippen LogP contribution < -0.4 is 5.32 Å².